The molecule has 0 radical (unpaired) electrons. The average molecular weight is 435 g/mol. The first-order chi connectivity index (χ1) is 13.2. The molecule has 8 heteroatoms. The second-order valence-corrected chi connectivity index (χ2v) is 8.65. The largest absolute Gasteiger partial charge is 0.369 e. The topological polar surface area (TPSA) is 89.3 Å². The van der Waals surface area contributed by atoms with Gasteiger partial charge < -0.3 is 5.73 Å². The smallest absolute Gasteiger partial charge is 0.262 e. The van der Waals surface area contributed by atoms with Crippen molar-refractivity contribution in [1.29, 1.82) is 0 Å². The van der Waals surface area contributed by atoms with Crippen molar-refractivity contribution in [2.75, 3.05) is 4.72 Å². The number of rotatable bonds is 6. The Morgan fingerprint density at radius 3 is 2.14 bits per heavy atom. The van der Waals surface area contributed by atoms with E-state index in [0.717, 1.165) is 11.1 Å². The van der Waals surface area contributed by atoms with Crippen LogP contribution in [-0.4, -0.2) is 14.3 Å². The minimum atomic E-state index is -3.99. The first-order valence-corrected chi connectivity index (χ1v) is 10.4. The number of hydrogen-bond acceptors (Lipinski definition) is 3. The van der Waals surface area contributed by atoms with Gasteiger partial charge in [0.05, 0.1) is 17.0 Å². The summed E-state index contributed by atoms with van der Waals surface area (Å²) < 4.78 is 28.2. The maximum absolute atomic E-state index is 12.8. The van der Waals surface area contributed by atoms with Crippen LogP contribution < -0.4 is 10.5 Å². The van der Waals surface area contributed by atoms with E-state index in [2.05, 4.69) is 4.72 Å². The normalized spacial score (nSPS) is 11.2. The number of carbonyl (C=O) groups is 1. The highest BCUT2D eigenvalue weighted by molar-refractivity contribution is 7.92. The van der Waals surface area contributed by atoms with E-state index in [1.54, 1.807) is 12.1 Å². The zero-order chi connectivity index (χ0) is 20.3. The van der Waals surface area contributed by atoms with Crippen LogP contribution in [-0.2, 0) is 21.2 Å². The van der Waals surface area contributed by atoms with E-state index in [0.29, 0.717) is 5.56 Å². The molecule has 0 saturated heterocycles. The van der Waals surface area contributed by atoms with Crippen LogP contribution in [0.25, 0.3) is 11.1 Å². The third-order valence-corrected chi connectivity index (χ3v) is 5.75. The Kier molecular flexibility index (Phi) is 5.93. The number of halogens is 2. The van der Waals surface area contributed by atoms with Crippen LogP contribution in [0, 0.1) is 0 Å². The molecule has 0 spiro atoms. The number of carbonyl (C=O) groups excluding carboxylic acids is 1. The lowest BCUT2D eigenvalue weighted by Crippen LogP contribution is -2.18. The maximum atomic E-state index is 12.8. The fourth-order valence-corrected chi connectivity index (χ4v) is 4.53. The number of nitrogens with one attached hydrogen (secondary N) is 1. The van der Waals surface area contributed by atoms with Crippen LogP contribution in [0.4, 0.5) is 5.69 Å². The van der Waals surface area contributed by atoms with Crippen molar-refractivity contribution < 1.29 is 13.2 Å². The molecule has 0 fully saturated rings. The monoisotopic (exact) mass is 434 g/mol. The Hall–Kier alpha value is -2.54. The number of amides is 1. The van der Waals surface area contributed by atoms with Crippen molar-refractivity contribution in [3.05, 3.63) is 82.3 Å². The van der Waals surface area contributed by atoms with Gasteiger partial charge in [-0.3, -0.25) is 9.52 Å². The van der Waals surface area contributed by atoms with Gasteiger partial charge in [0.15, 0.2) is 0 Å². The van der Waals surface area contributed by atoms with Gasteiger partial charge in [0.1, 0.15) is 0 Å². The molecule has 0 saturated carbocycles. The molecule has 0 aliphatic heterocycles. The average Bonchev–Trinajstić information content (AvgIpc) is 2.62. The highest BCUT2D eigenvalue weighted by Crippen LogP contribution is 2.29. The van der Waals surface area contributed by atoms with Crippen LogP contribution in [0.2, 0.25) is 10.0 Å². The van der Waals surface area contributed by atoms with Crippen molar-refractivity contribution in [3.8, 4) is 11.1 Å². The van der Waals surface area contributed by atoms with Crippen molar-refractivity contribution in [1.82, 2.24) is 0 Å². The lowest BCUT2D eigenvalue weighted by atomic mass is 10.0. The minimum Gasteiger partial charge on any atom is -0.369 e. The molecule has 0 heterocycles. The van der Waals surface area contributed by atoms with Gasteiger partial charge in [-0.1, -0.05) is 65.7 Å². The fourth-order valence-electron chi connectivity index (χ4n) is 2.71. The van der Waals surface area contributed by atoms with Gasteiger partial charge in [-0.25, -0.2) is 8.42 Å². The predicted molar refractivity (Wildman–Crippen MR) is 112 cm³/mol. The summed E-state index contributed by atoms with van der Waals surface area (Å²) in [7, 11) is -3.99. The lowest BCUT2D eigenvalue weighted by Gasteiger charge is -2.14. The molecular weight excluding hydrogens is 419 g/mol. The first kappa shape index (κ1) is 20.2. The molecule has 28 heavy (non-hydrogen) atoms. The Labute approximate surface area is 173 Å². The highest BCUT2D eigenvalue weighted by atomic mass is 35.5. The summed E-state index contributed by atoms with van der Waals surface area (Å²) in [4.78, 5) is 11.3. The SMILES string of the molecule is NC(=O)Cc1ccc(-c2ccccc2)cc1NS(=O)(=O)c1cc(Cl)cc(Cl)c1. The quantitative estimate of drug-likeness (QED) is 0.598. The second-order valence-electron chi connectivity index (χ2n) is 6.09. The number of hydrogen-bond donors (Lipinski definition) is 2. The molecule has 0 bridgehead atoms. The van der Waals surface area contributed by atoms with Crippen molar-refractivity contribution >= 4 is 44.8 Å². The minimum absolute atomic E-state index is 0.0832. The summed E-state index contributed by atoms with van der Waals surface area (Å²) in [5.41, 5.74) is 7.72. The summed E-state index contributed by atoms with van der Waals surface area (Å²) in [6.45, 7) is 0. The van der Waals surface area contributed by atoms with Gasteiger partial charge in [-0.15, -0.1) is 0 Å². The van der Waals surface area contributed by atoms with Gasteiger partial charge in [0.25, 0.3) is 10.0 Å². The third-order valence-electron chi connectivity index (χ3n) is 3.97. The standard InChI is InChI=1S/C20H16Cl2N2O3S/c21-16-10-17(22)12-18(11-16)28(26,27)24-19-8-14(13-4-2-1-3-5-13)6-7-15(19)9-20(23)25/h1-8,10-12,24H,9H2,(H2,23,25). The number of primary amides is 1. The summed E-state index contributed by atoms with van der Waals surface area (Å²) in [5.74, 6) is -0.571. The van der Waals surface area contributed by atoms with E-state index in [9.17, 15) is 13.2 Å². The summed E-state index contributed by atoms with van der Waals surface area (Å²) in [5, 5.41) is 0.395. The number of sulfonamides is 1. The fraction of sp³-hybridized carbons (Fsp3) is 0.0500. The Morgan fingerprint density at radius 1 is 0.893 bits per heavy atom. The van der Waals surface area contributed by atoms with E-state index in [1.165, 1.54) is 18.2 Å². The third kappa shape index (κ3) is 4.84. The van der Waals surface area contributed by atoms with Crippen LogP contribution >= 0.6 is 23.2 Å². The lowest BCUT2D eigenvalue weighted by molar-refractivity contribution is -0.117. The molecular formula is C20H16Cl2N2O3S. The van der Waals surface area contributed by atoms with Gasteiger partial charge in [-0.2, -0.15) is 0 Å². The molecule has 3 rings (SSSR count). The van der Waals surface area contributed by atoms with E-state index < -0.39 is 15.9 Å². The number of benzene rings is 3. The van der Waals surface area contributed by atoms with Gasteiger partial charge in [-0.05, 0) is 41.0 Å². The van der Waals surface area contributed by atoms with Crippen molar-refractivity contribution in [2.45, 2.75) is 11.3 Å². The molecule has 0 aliphatic carbocycles. The zero-order valence-electron chi connectivity index (χ0n) is 14.5. The molecule has 0 aliphatic rings. The zero-order valence-corrected chi connectivity index (χ0v) is 16.9. The van der Waals surface area contributed by atoms with Gasteiger partial charge in [0.2, 0.25) is 5.91 Å². The van der Waals surface area contributed by atoms with Crippen molar-refractivity contribution in [2.24, 2.45) is 5.73 Å². The van der Waals surface area contributed by atoms with Gasteiger partial charge >= 0.3 is 0 Å². The molecule has 3 N–H and O–H groups in total. The molecule has 3 aromatic carbocycles. The molecule has 0 aromatic heterocycles. The summed E-state index contributed by atoms with van der Waals surface area (Å²) in [6.07, 6.45) is -0.108. The molecule has 144 valence electrons. The Morgan fingerprint density at radius 2 is 1.54 bits per heavy atom. The van der Waals surface area contributed by atoms with Crippen LogP contribution in [0.3, 0.4) is 0 Å². The first-order valence-electron chi connectivity index (χ1n) is 8.20. The van der Waals surface area contributed by atoms with E-state index in [4.69, 9.17) is 28.9 Å². The molecule has 1 amide bonds. The van der Waals surface area contributed by atoms with E-state index in [-0.39, 0.29) is 27.0 Å². The van der Waals surface area contributed by atoms with Crippen LogP contribution in [0.5, 0.6) is 0 Å². The Balaban J connectivity index is 2.06. The summed E-state index contributed by atoms with van der Waals surface area (Å²) in [6, 6.07) is 18.6. The summed E-state index contributed by atoms with van der Waals surface area (Å²) >= 11 is 11.9. The molecule has 3 aromatic rings. The number of nitrogens with two attached hydrogens (primary N) is 1. The van der Waals surface area contributed by atoms with E-state index in [1.807, 2.05) is 36.4 Å². The highest BCUT2D eigenvalue weighted by Gasteiger charge is 2.19. The van der Waals surface area contributed by atoms with Gasteiger partial charge in [0, 0.05) is 10.0 Å². The van der Waals surface area contributed by atoms with Crippen LogP contribution in [0.15, 0.2) is 71.6 Å². The van der Waals surface area contributed by atoms with Crippen LogP contribution in [0.1, 0.15) is 5.56 Å². The van der Waals surface area contributed by atoms with Crippen molar-refractivity contribution in [3.63, 3.8) is 0 Å². The predicted octanol–water partition coefficient (Wildman–Crippen LogP) is 4.49. The second kappa shape index (κ2) is 8.22. The molecule has 5 nitrogen and oxygen atoms in total. The van der Waals surface area contributed by atoms with E-state index >= 15 is 0 Å². The maximum Gasteiger partial charge on any atom is 0.262 e. The Bertz CT molecular complexity index is 1110. The molecule has 0 unspecified atom stereocenters. The number of anilines is 1. The molecule has 0 atom stereocenters.